The van der Waals surface area contributed by atoms with Crippen LogP contribution in [0.3, 0.4) is 0 Å². The maximum Gasteiger partial charge on any atom is 0.228 e. The molecule has 4 aromatic rings. The van der Waals surface area contributed by atoms with Crippen LogP contribution in [0.25, 0.3) is 32.8 Å². The SMILES string of the molecule is Cc1ccc2c([Si](C)(C)C)c3c(c(C)c2c1)-c1c2c(cc(CC(C)(C)C)cc2cc[n+]1C)O3. The fourth-order valence-corrected chi connectivity index (χ4v) is 7.48. The summed E-state index contributed by atoms with van der Waals surface area (Å²) in [5.74, 6) is 2.10. The highest BCUT2D eigenvalue weighted by Gasteiger charge is 2.36. The predicted molar refractivity (Wildman–Crippen MR) is 144 cm³/mol. The Morgan fingerprint density at radius 2 is 1.67 bits per heavy atom. The molecule has 2 heterocycles. The fraction of sp³-hybridized carbons (Fsp3) is 0.367. The Morgan fingerprint density at radius 3 is 2.33 bits per heavy atom. The minimum absolute atomic E-state index is 0.226. The number of pyridine rings is 1. The summed E-state index contributed by atoms with van der Waals surface area (Å²) in [7, 11) is 0.446. The first-order valence-corrected chi connectivity index (χ1v) is 15.6. The van der Waals surface area contributed by atoms with E-state index in [0.29, 0.717) is 0 Å². The quantitative estimate of drug-likeness (QED) is 0.201. The molecule has 0 aliphatic carbocycles. The first-order chi connectivity index (χ1) is 15.3. The molecular weight excluding hydrogens is 418 g/mol. The number of hydrogen-bond donors (Lipinski definition) is 0. The first-order valence-electron chi connectivity index (χ1n) is 12.1. The smallest absolute Gasteiger partial charge is 0.228 e. The topological polar surface area (TPSA) is 13.1 Å². The molecule has 0 saturated carbocycles. The van der Waals surface area contributed by atoms with Crippen LogP contribution in [0, 0.1) is 19.3 Å². The Balaban J connectivity index is 1.94. The Hall–Kier alpha value is -2.65. The van der Waals surface area contributed by atoms with Gasteiger partial charge >= 0.3 is 0 Å². The van der Waals surface area contributed by atoms with Crippen LogP contribution in [0.1, 0.15) is 37.5 Å². The molecule has 3 aromatic carbocycles. The van der Waals surface area contributed by atoms with Crippen molar-refractivity contribution in [1.29, 1.82) is 0 Å². The molecule has 5 rings (SSSR count). The van der Waals surface area contributed by atoms with E-state index in [9.17, 15) is 0 Å². The average molecular weight is 455 g/mol. The molecule has 0 amide bonds. The Morgan fingerprint density at radius 1 is 0.939 bits per heavy atom. The summed E-state index contributed by atoms with van der Waals surface area (Å²) in [5.41, 5.74) is 6.75. The van der Waals surface area contributed by atoms with Gasteiger partial charge in [0.15, 0.2) is 6.20 Å². The minimum Gasteiger partial charge on any atom is -0.456 e. The van der Waals surface area contributed by atoms with Crippen LogP contribution in [0.15, 0.2) is 42.6 Å². The Bertz CT molecular complexity index is 1450. The van der Waals surface area contributed by atoms with Crippen LogP contribution in [0.4, 0.5) is 0 Å². The van der Waals surface area contributed by atoms with Gasteiger partial charge in [-0.25, -0.2) is 4.57 Å². The summed E-state index contributed by atoms with van der Waals surface area (Å²) in [5, 5.41) is 6.66. The monoisotopic (exact) mass is 454 g/mol. The van der Waals surface area contributed by atoms with Gasteiger partial charge in [-0.15, -0.1) is 0 Å². The number of aromatic nitrogens is 1. The molecule has 0 unspecified atom stereocenters. The van der Waals surface area contributed by atoms with Crippen molar-refractivity contribution in [3.05, 3.63) is 59.3 Å². The van der Waals surface area contributed by atoms with Gasteiger partial charge in [0, 0.05) is 6.07 Å². The van der Waals surface area contributed by atoms with Crippen molar-refractivity contribution in [3.63, 3.8) is 0 Å². The lowest BCUT2D eigenvalue weighted by atomic mass is 9.86. The van der Waals surface area contributed by atoms with Gasteiger partial charge in [0.25, 0.3) is 0 Å². The van der Waals surface area contributed by atoms with Crippen LogP contribution in [0.5, 0.6) is 11.5 Å². The van der Waals surface area contributed by atoms with Gasteiger partial charge in [-0.1, -0.05) is 70.2 Å². The Kier molecular flexibility index (Phi) is 4.81. The summed E-state index contributed by atoms with van der Waals surface area (Å²) in [6.45, 7) is 18.7. The number of hydrogen-bond acceptors (Lipinski definition) is 1. The van der Waals surface area contributed by atoms with Gasteiger partial charge in [-0.3, -0.25) is 0 Å². The highest BCUT2D eigenvalue weighted by Crippen LogP contribution is 2.48. The van der Waals surface area contributed by atoms with E-state index < -0.39 is 8.07 Å². The molecular formula is C30H36NOSi+. The summed E-state index contributed by atoms with van der Waals surface area (Å²) in [6, 6.07) is 13.8. The van der Waals surface area contributed by atoms with Crippen molar-refractivity contribution in [2.75, 3.05) is 0 Å². The third-order valence-corrected chi connectivity index (χ3v) is 8.87. The summed E-state index contributed by atoms with van der Waals surface area (Å²) in [4.78, 5) is 0. The number of fused-ring (bicyclic) bond motifs is 3. The van der Waals surface area contributed by atoms with E-state index in [0.717, 1.165) is 17.9 Å². The molecule has 0 spiro atoms. The predicted octanol–water partition coefficient (Wildman–Crippen LogP) is 7.34. The van der Waals surface area contributed by atoms with Crippen molar-refractivity contribution < 1.29 is 9.30 Å². The molecule has 3 heteroatoms. The molecule has 33 heavy (non-hydrogen) atoms. The summed E-state index contributed by atoms with van der Waals surface area (Å²) in [6.07, 6.45) is 3.24. The molecule has 0 radical (unpaired) electrons. The summed E-state index contributed by atoms with van der Waals surface area (Å²) >= 11 is 0. The van der Waals surface area contributed by atoms with Crippen molar-refractivity contribution in [3.8, 4) is 22.8 Å². The highest BCUT2D eigenvalue weighted by atomic mass is 28.3. The number of ether oxygens (including phenoxy) is 1. The van der Waals surface area contributed by atoms with Crippen LogP contribution >= 0.6 is 0 Å². The summed E-state index contributed by atoms with van der Waals surface area (Å²) < 4.78 is 9.25. The average Bonchev–Trinajstić information content (AvgIpc) is 2.68. The van der Waals surface area contributed by atoms with Crippen molar-refractivity contribution in [2.45, 2.75) is 60.7 Å². The van der Waals surface area contributed by atoms with Crippen LogP contribution in [-0.4, -0.2) is 8.07 Å². The van der Waals surface area contributed by atoms with E-state index in [1.807, 2.05) is 0 Å². The van der Waals surface area contributed by atoms with Crippen molar-refractivity contribution >= 4 is 34.8 Å². The zero-order valence-electron chi connectivity index (χ0n) is 21.6. The molecule has 170 valence electrons. The van der Waals surface area contributed by atoms with E-state index in [2.05, 4.69) is 108 Å². The second-order valence-corrected chi connectivity index (χ2v) is 17.2. The minimum atomic E-state index is -1.73. The molecule has 0 atom stereocenters. The number of aryl methyl sites for hydroxylation is 3. The molecule has 0 fully saturated rings. The van der Waals surface area contributed by atoms with E-state index in [-0.39, 0.29) is 5.41 Å². The fourth-order valence-electron chi connectivity index (χ4n) is 5.60. The van der Waals surface area contributed by atoms with E-state index >= 15 is 0 Å². The van der Waals surface area contributed by atoms with Gasteiger partial charge in [0.1, 0.15) is 18.5 Å². The van der Waals surface area contributed by atoms with Gasteiger partial charge in [0.05, 0.1) is 19.0 Å². The Labute approximate surface area is 199 Å². The molecule has 1 aliphatic rings. The molecule has 0 N–H and O–H groups in total. The largest absolute Gasteiger partial charge is 0.456 e. The van der Waals surface area contributed by atoms with Crippen LogP contribution in [-0.2, 0) is 13.5 Å². The van der Waals surface area contributed by atoms with Crippen molar-refractivity contribution in [2.24, 2.45) is 12.5 Å². The van der Waals surface area contributed by atoms with Crippen molar-refractivity contribution in [1.82, 2.24) is 0 Å². The second-order valence-electron chi connectivity index (χ2n) is 12.2. The standard InChI is InChI=1S/C30H36NOSi/c1-18-10-11-22-23(14-18)19(2)25-27-26-21(12-13-31(27)6)15-20(17-30(3,4)5)16-24(26)32-28(25)29(22)33(7,8)9/h10-16H,17H2,1-9H3/q+1. The lowest BCUT2D eigenvalue weighted by molar-refractivity contribution is -0.659. The number of nitrogens with zero attached hydrogens (tertiary/aromatic N) is 1. The zero-order chi connectivity index (χ0) is 23.9. The molecule has 1 aliphatic heterocycles. The first kappa shape index (κ1) is 22.2. The third-order valence-electron chi connectivity index (χ3n) is 6.87. The maximum atomic E-state index is 6.96. The second kappa shape index (κ2) is 7.17. The van der Waals surface area contributed by atoms with Gasteiger partial charge in [0.2, 0.25) is 5.69 Å². The van der Waals surface area contributed by atoms with Gasteiger partial charge < -0.3 is 4.74 Å². The van der Waals surface area contributed by atoms with Gasteiger partial charge in [-0.05, 0) is 64.2 Å². The van der Waals surface area contributed by atoms with E-state index in [1.54, 1.807) is 0 Å². The number of benzene rings is 3. The van der Waals surface area contributed by atoms with Crippen LogP contribution < -0.4 is 14.5 Å². The highest BCUT2D eigenvalue weighted by molar-refractivity contribution is 6.91. The number of rotatable bonds is 2. The molecule has 0 saturated heterocycles. The molecule has 2 nitrogen and oxygen atoms in total. The third kappa shape index (κ3) is 3.58. The van der Waals surface area contributed by atoms with E-state index in [1.165, 1.54) is 54.7 Å². The zero-order valence-corrected chi connectivity index (χ0v) is 22.6. The van der Waals surface area contributed by atoms with Gasteiger partial charge in [-0.2, -0.15) is 0 Å². The normalized spacial score (nSPS) is 13.4. The lowest BCUT2D eigenvalue weighted by Crippen LogP contribution is -2.41. The van der Waals surface area contributed by atoms with E-state index in [4.69, 9.17) is 4.74 Å². The lowest BCUT2D eigenvalue weighted by Gasteiger charge is -2.30. The molecule has 1 aromatic heterocycles. The molecule has 0 bridgehead atoms. The van der Waals surface area contributed by atoms with Crippen LogP contribution in [0.2, 0.25) is 19.6 Å². The maximum absolute atomic E-state index is 6.96.